The molecule has 94 valence electrons. The normalized spacial score (nSPS) is 10.4. The summed E-state index contributed by atoms with van der Waals surface area (Å²) in [6.07, 6.45) is 0. The molecule has 0 saturated carbocycles. The number of rotatable bonds is 3. The number of aryl methyl sites for hydroxylation is 1. The highest BCUT2D eigenvalue weighted by molar-refractivity contribution is 9.10. The van der Waals surface area contributed by atoms with Gasteiger partial charge < -0.3 is 10.5 Å². The molecule has 0 fully saturated rings. The molecule has 0 unspecified atom stereocenters. The van der Waals surface area contributed by atoms with E-state index < -0.39 is 0 Å². The minimum atomic E-state index is 0.528. The summed E-state index contributed by atoms with van der Waals surface area (Å²) < 4.78 is 6.73. The lowest BCUT2D eigenvalue weighted by molar-refractivity contribution is 0.479. The third kappa shape index (κ3) is 3.05. The molecule has 0 atom stereocenters. The molecule has 0 saturated heterocycles. The number of nitrogens with two attached hydrogens (primary N) is 1. The van der Waals surface area contributed by atoms with Crippen LogP contribution in [0.25, 0.3) is 0 Å². The molecule has 2 aromatic rings. The first kappa shape index (κ1) is 13.4. The van der Waals surface area contributed by atoms with Crippen molar-refractivity contribution in [2.24, 2.45) is 5.73 Å². The Balaban J connectivity index is 2.28. The molecule has 2 rings (SSSR count). The molecule has 0 amide bonds. The quantitative estimate of drug-likeness (QED) is 0.890. The molecular weight excluding hydrogens is 314 g/mol. The Bertz CT molecular complexity index is 572. The second-order valence-corrected chi connectivity index (χ2v) is 5.30. The van der Waals surface area contributed by atoms with Crippen molar-refractivity contribution in [1.29, 1.82) is 0 Å². The van der Waals surface area contributed by atoms with Crippen LogP contribution in [0.3, 0.4) is 0 Å². The van der Waals surface area contributed by atoms with Gasteiger partial charge in [-0.3, -0.25) is 0 Å². The third-order valence-electron chi connectivity index (χ3n) is 2.59. The van der Waals surface area contributed by atoms with Crippen molar-refractivity contribution >= 4 is 27.5 Å². The van der Waals surface area contributed by atoms with E-state index in [1.165, 1.54) is 0 Å². The average Bonchev–Trinajstić information content (AvgIpc) is 2.34. The zero-order chi connectivity index (χ0) is 13.1. The molecule has 0 aliphatic rings. The van der Waals surface area contributed by atoms with Gasteiger partial charge in [0.25, 0.3) is 0 Å². The van der Waals surface area contributed by atoms with Gasteiger partial charge in [-0.15, -0.1) is 0 Å². The fourth-order valence-electron chi connectivity index (χ4n) is 1.63. The summed E-state index contributed by atoms with van der Waals surface area (Å²) in [4.78, 5) is 0. The molecule has 2 nitrogen and oxygen atoms in total. The summed E-state index contributed by atoms with van der Waals surface area (Å²) >= 11 is 9.48. The van der Waals surface area contributed by atoms with E-state index in [4.69, 9.17) is 22.1 Å². The summed E-state index contributed by atoms with van der Waals surface area (Å²) in [5, 5.41) is 0.576. The monoisotopic (exact) mass is 325 g/mol. The Hall–Kier alpha value is -1.03. The van der Waals surface area contributed by atoms with Gasteiger partial charge in [0.1, 0.15) is 11.5 Å². The van der Waals surface area contributed by atoms with Crippen LogP contribution >= 0.6 is 27.5 Å². The van der Waals surface area contributed by atoms with Crippen LogP contribution in [0.15, 0.2) is 40.9 Å². The number of hydrogen-bond acceptors (Lipinski definition) is 2. The zero-order valence-corrected chi connectivity index (χ0v) is 12.3. The van der Waals surface area contributed by atoms with Crippen LogP contribution in [-0.2, 0) is 6.54 Å². The maximum Gasteiger partial charge on any atom is 0.146 e. The molecule has 0 heterocycles. The summed E-state index contributed by atoms with van der Waals surface area (Å²) in [5.74, 6) is 1.43. The van der Waals surface area contributed by atoms with Gasteiger partial charge in [-0.2, -0.15) is 0 Å². The van der Waals surface area contributed by atoms with Crippen LogP contribution in [0, 0.1) is 6.92 Å². The molecule has 0 aliphatic carbocycles. The van der Waals surface area contributed by atoms with Gasteiger partial charge in [-0.05, 0) is 42.3 Å². The van der Waals surface area contributed by atoms with Crippen molar-refractivity contribution in [2.75, 3.05) is 0 Å². The Labute approximate surface area is 120 Å². The van der Waals surface area contributed by atoms with E-state index >= 15 is 0 Å². The van der Waals surface area contributed by atoms with E-state index in [1.807, 2.05) is 37.3 Å². The standard InChI is InChI=1S/C14H13BrClNO/c1-9-6-10(8-17)2-4-13(9)18-14-5-3-11(15)7-12(14)16/h2-7H,8,17H2,1H3. The molecule has 18 heavy (non-hydrogen) atoms. The van der Waals surface area contributed by atoms with E-state index in [0.717, 1.165) is 21.3 Å². The van der Waals surface area contributed by atoms with Crippen LogP contribution < -0.4 is 10.5 Å². The van der Waals surface area contributed by atoms with E-state index in [2.05, 4.69) is 15.9 Å². The second-order valence-electron chi connectivity index (χ2n) is 3.98. The van der Waals surface area contributed by atoms with Gasteiger partial charge in [0.2, 0.25) is 0 Å². The molecule has 2 N–H and O–H groups in total. The number of halogens is 2. The Kier molecular flexibility index (Phi) is 4.27. The predicted octanol–water partition coefficient (Wildman–Crippen LogP) is 4.66. The number of benzene rings is 2. The maximum atomic E-state index is 6.12. The minimum absolute atomic E-state index is 0.528. The van der Waals surface area contributed by atoms with Crippen molar-refractivity contribution in [3.8, 4) is 11.5 Å². The van der Waals surface area contributed by atoms with Crippen molar-refractivity contribution in [2.45, 2.75) is 13.5 Å². The Morgan fingerprint density at radius 3 is 2.50 bits per heavy atom. The van der Waals surface area contributed by atoms with E-state index in [-0.39, 0.29) is 0 Å². The first-order valence-corrected chi connectivity index (χ1v) is 6.70. The molecule has 0 radical (unpaired) electrons. The van der Waals surface area contributed by atoms with E-state index in [1.54, 1.807) is 6.07 Å². The van der Waals surface area contributed by atoms with Crippen LogP contribution in [0.2, 0.25) is 5.02 Å². The topological polar surface area (TPSA) is 35.2 Å². The van der Waals surface area contributed by atoms with Crippen LogP contribution in [-0.4, -0.2) is 0 Å². The lowest BCUT2D eigenvalue weighted by atomic mass is 10.1. The maximum absolute atomic E-state index is 6.12. The largest absolute Gasteiger partial charge is 0.456 e. The fourth-order valence-corrected chi connectivity index (χ4v) is 2.34. The number of ether oxygens (including phenoxy) is 1. The van der Waals surface area contributed by atoms with Crippen molar-refractivity contribution < 1.29 is 4.74 Å². The Morgan fingerprint density at radius 1 is 1.17 bits per heavy atom. The van der Waals surface area contributed by atoms with Gasteiger partial charge >= 0.3 is 0 Å². The zero-order valence-electron chi connectivity index (χ0n) is 9.91. The number of hydrogen-bond donors (Lipinski definition) is 1. The molecule has 0 aliphatic heterocycles. The van der Waals surface area contributed by atoms with Crippen LogP contribution in [0.4, 0.5) is 0 Å². The van der Waals surface area contributed by atoms with Gasteiger partial charge in [-0.1, -0.05) is 39.7 Å². The lowest BCUT2D eigenvalue weighted by Crippen LogP contribution is -1.97. The van der Waals surface area contributed by atoms with Gasteiger partial charge in [0.15, 0.2) is 0 Å². The first-order valence-electron chi connectivity index (χ1n) is 5.52. The lowest BCUT2D eigenvalue weighted by Gasteiger charge is -2.11. The molecule has 0 aromatic heterocycles. The summed E-state index contributed by atoms with van der Waals surface area (Å²) in [7, 11) is 0. The molecule has 4 heteroatoms. The van der Waals surface area contributed by atoms with Gasteiger partial charge in [0.05, 0.1) is 5.02 Å². The Morgan fingerprint density at radius 2 is 1.89 bits per heavy atom. The highest BCUT2D eigenvalue weighted by Crippen LogP contribution is 2.33. The average molecular weight is 327 g/mol. The third-order valence-corrected chi connectivity index (χ3v) is 3.38. The van der Waals surface area contributed by atoms with Gasteiger partial charge in [0, 0.05) is 11.0 Å². The highest BCUT2D eigenvalue weighted by Gasteiger charge is 2.06. The van der Waals surface area contributed by atoms with E-state index in [9.17, 15) is 0 Å². The minimum Gasteiger partial charge on any atom is -0.456 e. The van der Waals surface area contributed by atoms with Gasteiger partial charge in [-0.25, -0.2) is 0 Å². The fraction of sp³-hybridized carbons (Fsp3) is 0.143. The van der Waals surface area contributed by atoms with Crippen molar-refractivity contribution in [3.05, 3.63) is 57.0 Å². The predicted molar refractivity (Wildman–Crippen MR) is 78.3 cm³/mol. The second kappa shape index (κ2) is 5.74. The van der Waals surface area contributed by atoms with E-state index in [0.29, 0.717) is 17.3 Å². The molecule has 0 bridgehead atoms. The smallest absolute Gasteiger partial charge is 0.146 e. The molecular formula is C14H13BrClNO. The van der Waals surface area contributed by atoms with Crippen LogP contribution in [0.5, 0.6) is 11.5 Å². The molecule has 2 aromatic carbocycles. The molecule has 0 spiro atoms. The summed E-state index contributed by atoms with van der Waals surface area (Å²) in [6.45, 7) is 2.52. The van der Waals surface area contributed by atoms with Crippen LogP contribution in [0.1, 0.15) is 11.1 Å². The SMILES string of the molecule is Cc1cc(CN)ccc1Oc1ccc(Br)cc1Cl. The van der Waals surface area contributed by atoms with Crippen molar-refractivity contribution in [1.82, 2.24) is 0 Å². The first-order chi connectivity index (χ1) is 8.60. The summed E-state index contributed by atoms with van der Waals surface area (Å²) in [6, 6.07) is 11.4. The summed E-state index contributed by atoms with van der Waals surface area (Å²) in [5.41, 5.74) is 7.72. The highest BCUT2D eigenvalue weighted by atomic mass is 79.9. The van der Waals surface area contributed by atoms with Crippen molar-refractivity contribution in [3.63, 3.8) is 0 Å².